The van der Waals surface area contributed by atoms with E-state index < -0.39 is 11.7 Å². The molecule has 0 spiro atoms. The van der Waals surface area contributed by atoms with Crippen LogP contribution in [-0.2, 0) is 6.18 Å². The minimum absolute atomic E-state index is 0.220. The summed E-state index contributed by atoms with van der Waals surface area (Å²) in [6.07, 6.45) is -4.34. The third-order valence-electron chi connectivity index (χ3n) is 1.88. The molecular weight excluding hydrogens is 193 g/mol. The molecule has 0 saturated heterocycles. The average molecular weight is 199 g/mol. The fraction of sp³-hybridized carbons (Fsp3) is 0.200. The van der Waals surface area contributed by atoms with Crippen molar-refractivity contribution in [2.45, 2.75) is 13.1 Å². The lowest BCUT2D eigenvalue weighted by Crippen LogP contribution is -2.03. The third-order valence-corrected chi connectivity index (χ3v) is 1.88. The summed E-state index contributed by atoms with van der Waals surface area (Å²) in [5, 5.41) is 0.565. The second kappa shape index (κ2) is 2.77. The Morgan fingerprint density at radius 2 is 2.00 bits per heavy atom. The van der Waals surface area contributed by atoms with Crippen molar-refractivity contribution < 1.29 is 17.6 Å². The fourth-order valence-corrected chi connectivity index (χ4v) is 1.25. The van der Waals surface area contributed by atoms with Gasteiger partial charge in [0.1, 0.15) is 11.3 Å². The van der Waals surface area contributed by atoms with Gasteiger partial charge in [0.25, 0.3) is 0 Å². The normalized spacial score (nSPS) is 12.3. The number of hydrogen-bond acceptors (Lipinski definition) is 1. The van der Waals surface area contributed by atoms with Crippen molar-refractivity contribution in [3.8, 4) is 0 Å². The Morgan fingerprint density at radius 3 is 2.64 bits per heavy atom. The predicted octanol–water partition coefficient (Wildman–Crippen LogP) is 3.56. The molecule has 2 rings (SSSR count). The summed E-state index contributed by atoms with van der Waals surface area (Å²) in [4.78, 5) is 0. The molecular formula is C10H6F3O. The monoisotopic (exact) mass is 199 g/mol. The molecule has 4 heteroatoms. The van der Waals surface area contributed by atoms with Crippen LogP contribution in [0.4, 0.5) is 13.2 Å². The Morgan fingerprint density at radius 1 is 1.29 bits per heavy atom. The first-order valence-electron chi connectivity index (χ1n) is 3.96. The van der Waals surface area contributed by atoms with Crippen LogP contribution in [0, 0.1) is 13.0 Å². The maximum absolute atomic E-state index is 12.3. The summed E-state index contributed by atoms with van der Waals surface area (Å²) in [5.41, 5.74) is -0.517. The first kappa shape index (κ1) is 9.12. The first-order chi connectivity index (χ1) is 6.47. The van der Waals surface area contributed by atoms with E-state index in [0.29, 0.717) is 11.1 Å². The Kier molecular flexibility index (Phi) is 1.80. The number of furan rings is 1. The zero-order valence-electron chi connectivity index (χ0n) is 7.27. The molecule has 0 amide bonds. The Balaban J connectivity index is 2.62. The number of aryl methyl sites for hydroxylation is 1. The van der Waals surface area contributed by atoms with Gasteiger partial charge in [-0.15, -0.1) is 0 Å². The number of hydrogen-bond donors (Lipinski definition) is 0. The minimum Gasteiger partial charge on any atom is -0.461 e. The summed E-state index contributed by atoms with van der Waals surface area (Å²) in [7, 11) is 0. The van der Waals surface area contributed by atoms with E-state index in [1.165, 1.54) is 0 Å². The lowest BCUT2D eigenvalue weighted by Gasteiger charge is -2.04. The number of rotatable bonds is 0. The summed E-state index contributed by atoms with van der Waals surface area (Å²) in [5.74, 6) is 0.579. The van der Waals surface area contributed by atoms with Gasteiger partial charge in [-0.05, 0) is 31.2 Å². The average Bonchev–Trinajstić information content (AvgIpc) is 2.41. The zero-order valence-corrected chi connectivity index (χ0v) is 7.27. The second-order valence-corrected chi connectivity index (χ2v) is 3.02. The van der Waals surface area contributed by atoms with Gasteiger partial charge in [-0.1, -0.05) is 0 Å². The van der Waals surface area contributed by atoms with Gasteiger partial charge in [0.2, 0.25) is 0 Å². The van der Waals surface area contributed by atoms with Crippen LogP contribution in [0.15, 0.2) is 22.6 Å². The highest BCUT2D eigenvalue weighted by Gasteiger charge is 2.30. The highest BCUT2D eigenvalue weighted by molar-refractivity contribution is 5.78. The first-order valence-corrected chi connectivity index (χ1v) is 3.96. The van der Waals surface area contributed by atoms with Crippen LogP contribution in [0.25, 0.3) is 11.0 Å². The van der Waals surface area contributed by atoms with Crippen LogP contribution in [0.5, 0.6) is 0 Å². The van der Waals surface area contributed by atoms with E-state index in [9.17, 15) is 13.2 Å². The van der Waals surface area contributed by atoms with E-state index in [1.807, 2.05) is 0 Å². The van der Waals surface area contributed by atoms with E-state index >= 15 is 0 Å². The minimum atomic E-state index is -4.34. The maximum Gasteiger partial charge on any atom is 0.416 e. The van der Waals surface area contributed by atoms with Crippen LogP contribution >= 0.6 is 0 Å². The predicted molar refractivity (Wildman–Crippen MR) is 44.8 cm³/mol. The molecule has 1 aromatic carbocycles. The zero-order chi connectivity index (χ0) is 10.3. The number of benzene rings is 1. The highest BCUT2D eigenvalue weighted by Crippen LogP contribution is 2.31. The van der Waals surface area contributed by atoms with E-state index in [2.05, 4.69) is 6.07 Å². The standard InChI is InChI=1S/C10H6F3O/c1-6-4-7-2-3-8(10(11,12)13)5-9(7)14-6/h3-5H,1H3. The maximum atomic E-state index is 12.3. The lowest BCUT2D eigenvalue weighted by molar-refractivity contribution is -0.137. The molecule has 1 aromatic heterocycles. The Hall–Kier alpha value is -1.45. The van der Waals surface area contributed by atoms with Gasteiger partial charge in [0.05, 0.1) is 5.56 Å². The fourth-order valence-electron chi connectivity index (χ4n) is 1.25. The van der Waals surface area contributed by atoms with Crippen molar-refractivity contribution in [2.75, 3.05) is 0 Å². The van der Waals surface area contributed by atoms with Gasteiger partial charge in [-0.25, -0.2) is 0 Å². The molecule has 0 aliphatic heterocycles. The summed E-state index contributed by atoms with van der Waals surface area (Å²) in [6, 6.07) is 6.09. The number of halogens is 3. The van der Waals surface area contributed by atoms with Gasteiger partial charge in [0.15, 0.2) is 0 Å². The molecule has 0 unspecified atom stereocenters. The molecule has 0 atom stereocenters. The van der Waals surface area contributed by atoms with Crippen LogP contribution in [0.2, 0.25) is 0 Å². The molecule has 1 heterocycles. The Labute approximate surface area is 78.1 Å². The van der Waals surface area contributed by atoms with Crippen LogP contribution in [-0.4, -0.2) is 0 Å². The molecule has 14 heavy (non-hydrogen) atoms. The van der Waals surface area contributed by atoms with E-state index in [1.54, 1.807) is 13.0 Å². The Bertz CT molecular complexity index is 468. The van der Waals surface area contributed by atoms with E-state index in [0.717, 1.165) is 12.1 Å². The molecule has 1 radical (unpaired) electrons. The number of fused-ring (bicyclic) bond motifs is 1. The summed E-state index contributed by atoms with van der Waals surface area (Å²) < 4.78 is 41.9. The van der Waals surface area contributed by atoms with Crippen molar-refractivity contribution in [1.82, 2.24) is 0 Å². The van der Waals surface area contributed by atoms with Gasteiger partial charge in [0, 0.05) is 5.39 Å². The van der Waals surface area contributed by atoms with Crippen LogP contribution < -0.4 is 0 Å². The van der Waals surface area contributed by atoms with Gasteiger partial charge in [-0.2, -0.15) is 13.2 Å². The molecule has 2 aromatic rings. The van der Waals surface area contributed by atoms with Crippen molar-refractivity contribution in [2.24, 2.45) is 0 Å². The second-order valence-electron chi connectivity index (χ2n) is 3.02. The number of alkyl halides is 3. The van der Waals surface area contributed by atoms with Crippen molar-refractivity contribution in [3.63, 3.8) is 0 Å². The lowest BCUT2D eigenvalue weighted by atomic mass is 10.1. The molecule has 0 aliphatic carbocycles. The van der Waals surface area contributed by atoms with Gasteiger partial charge < -0.3 is 4.42 Å². The molecule has 73 valence electrons. The topological polar surface area (TPSA) is 13.1 Å². The van der Waals surface area contributed by atoms with Gasteiger partial charge >= 0.3 is 6.18 Å². The molecule has 0 aliphatic rings. The smallest absolute Gasteiger partial charge is 0.416 e. The van der Waals surface area contributed by atoms with Crippen molar-refractivity contribution in [1.29, 1.82) is 0 Å². The molecule has 0 saturated carbocycles. The van der Waals surface area contributed by atoms with Crippen LogP contribution in [0.1, 0.15) is 11.3 Å². The van der Waals surface area contributed by atoms with Gasteiger partial charge in [-0.3, -0.25) is 0 Å². The largest absolute Gasteiger partial charge is 0.461 e. The van der Waals surface area contributed by atoms with Crippen molar-refractivity contribution in [3.05, 3.63) is 35.6 Å². The van der Waals surface area contributed by atoms with E-state index in [-0.39, 0.29) is 5.58 Å². The molecule has 0 N–H and O–H groups in total. The molecule has 0 fully saturated rings. The molecule has 1 nitrogen and oxygen atoms in total. The summed E-state index contributed by atoms with van der Waals surface area (Å²) >= 11 is 0. The quantitative estimate of drug-likeness (QED) is 0.632. The van der Waals surface area contributed by atoms with E-state index in [4.69, 9.17) is 4.42 Å². The van der Waals surface area contributed by atoms with Crippen molar-refractivity contribution >= 4 is 11.0 Å². The molecule has 0 bridgehead atoms. The SMILES string of the molecule is Cc1cc2[c]cc(C(F)(F)F)cc2o1. The van der Waals surface area contributed by atoms with Crippen LogP contribution in [0.3, 0.4) is 0 Å². The highest BCUT2D eigenvalue weighted by atomic mass is 19.4. The summed E-state index contributed by atoms with van der Waals surface area (Å²) in [6.45, 7) is 1.68. The third kappa shape index (κ3) is 1.47.